The molecule has 7 nitrogen and oxygen atoms in total. The van der Waals surface area contributed by atoms with Crippen LogP contribution in [0.15, 0.2) is 0 Å². The molecule has 0 spiro atoms. The number of ether oxygens (including phenoxy) is 1. The zero-order valence-corrected chi connectivity index (χ0v) is 14.5. The highest BCUT2D eigenvalue weighted by Gasteiger charge is 2.42. The molecule has 27 heavy (non-hydrogen) atoms. The van der Waals surface area contributed by atoms with E-state index in [1.54, 1.807) is 0 Å². The number of urea groups is 1. The zero-order chi connectivity index (χ0) is 20.0. The largest absolute Gasteiger partial charge is 0.435 e. The molecule has 1 N–H and O–H groups in total. The summed E-state index contributed by atoms with van der Waals surface area (Å²) in [6.07, 6.45) is -10.6. The van der Waals surface area contributed by atoms with Gasteiger partial charge in [0.05, 0.1) is 31.3 Å². The van der Waals surface area contributed by atoms with Crippen molar-refractivity contribution in [3.63, 3.8) is 0 Å². The van der Waals surface area contributed by atoms with Gasteiger partial charge in [0.2, 0.25) is 4.96 Å². The third kappa shape index (κ3) is 4.26. The first-order valence-electron chi connectivity index (χ1n) is 7.53. The summed E-state index contributed by atoms with van der Waals surface area (Å²) in [5.74, 6) is 0. The number of alkyl halides is 6. The molecule has 2 aromatic rings. The summed E-state index contributed by atoms with van der Waals surface area (Å²) in [4.78, 5) is 16.5. The fourth-order valence-electron chi connectivity index (χ4n) is 2.78. The second kappa shape index (κ2) is 6.82. The van der Waals surface area contributed by atoms with Gasteiger partial charge in [-0.3, -0.25) is 0 Å². The molecule has 0 aliphatic carbocycles. The van der Waals surface area contributed by atoms with Crippen molar-refractivity contribution in [1.82, 2.24) is 24.8 Å². The van der Waals surface area contributed by atoms with Gasteiger partial charge in [-0.25, -0.2) is 9.78 Å². The molecular formula is C13H13F6N5O2S. The monoisotopic (exact) mass is 417 g/mol. The average Bonchev–Trinajstić information content (AvgIpc) is 3.09. The van der Waals surface area contributed by atoms with Crippen LogP contribution in [0.5, 0.6) is 0 Å². The predicted molar refractivity (Wildman–Crippen MR) is 80.0 cm³/mol. The van der Waals surface area contributed by atoms with Crippen molar-refractivity contribution in [2.45, 2.75) is 38.0 Å². The summed E-state index contributed by atoms with van der Waals surface area (Å²) in [5.41, 5.74) is -1.64. The smallest absolute Gasteiger partial charge is 0.377 e. The van der Waals surface area contributed by atoms with Gasteiger partial charge < -0.3 is 15.0 Å². The SMILES string of the molecule is COCc1nn2c(C(F)(F)F)c(CN3CC(CC(F)(F)F)NC3=O)nc2s1. The fraction of sp³-hybridized carbons (Fsp3) is 0.615. The molecule has 1 aliphatic heterocycles. The Morgan fingerprint density at radius 2 is 2.00 bits per heavy atom. The van der Waals surface area contributed by atoms with Crippen LogP contribution in [0, 0.1) is 0 Å². The van der Waals surface area contributed by atoms with Gasteiger partial charge in [-0.2, -0.15) is 36.0 Å². The minimum Gasteiger partial charge on any atom is -0.377 e. The van der Waals surface area contributed by atoms with E-state index in [1.165, 1.54) is 7.11 Å². The van der Waals surface area contributed by atoms with Crippen molar-refractivity contribution in [1.29, 1.82) is 0 Å². The van der Waals surface area contributed by atoms with Crippen LogP contribution in [0.4, 0.5) is 31.1 Å². The van der Waals surface area contributed by atoms with Gasteiger partial charge in [-0.05, 0) is 0 Å². The van der Waals surface area contributed by atoms with E-state index in [9.17, 15) is 31.1 Å². The highest BCUT2D eigenvalue weighted by atomic mass is 32.1. The number of rotatable bonds is 5. The zero-order valence-electron chi connectivity index (χ0n) is 13.7. The number of hydrogen-bond donors (Lipinski definition) is 1. The minimum absolute atomic E-state index is 0.00824. The van der Waals surface area contributed by atoms with Gasteiger partial charge in [0.25, 0.3) is 0 Å². The van der Waals surface area contributed by atoms with E-state index in [4.69, 9.17) is 4.74 Å². The standard InChI is InChI=1S/C13H13F6N5O2S/c1-26-5-8-22-24-9(13(17,18)19)7(21-11(24)27-8)4-23-3-6(20-10(23)25)2-12(14,15)16/h6H,2-5H2,1H3,(H,20,25). The number of aromatic nitrogens is 3. The quantitative estimate of drug-likeness (QED) is 0.760. The van der Waals surface area contributed by atoms with Crippen LogP contribution in [-0.2, 0) is 24.1 Å². The summed E-state index contributed by atoms with van der Waals surface area (Å²) in [7, 11) is 1.36. The molecule has 1 fully saturated rings. The molecule has 1 aliphatic rings. The van der Waals surface area contributed by atoms with Gasteiger partial charge >= 0.3 is 18.4 Å². The van der Waals surface area contributed by atoms with Gasteiger partial charge in [-0.15, -0.1) is 0 Å². The van der Waals surface area contributed by atoms with Crippen LogP contribution < -0.4 is 5.32 Å². The second-order valence-corrected chi connectivity index (χ2v) is 6.91. The molecule has 0 saturated carbocycles. The van der Waals surface area contributed by atoms with E-state index in [2.05, 4.69) is 15.4 Å². The topological polar surface area (TPSA) is 71.8 Å². The molecule has 0 bridgehead atoms. The lowest BCUT2D eigenvalue weighted by Crippen LogP contribution is -2.31. The number of halogens is 6. The number of nitrogens with one attached hydrogen (secondary N) is 1. The first kappa shape index (κ1) is 19.7. The lowest BCUT2D eigenvalue weighted by molar-refractivity contribution is -0.143. The van der Waals surface area contributed by atoms with Gasteiger partial charge in [0.15, 0.2) is 5.69 Å². The number of amides is 2. The van der Waals surface area contributed by atoms with Gasteiger partial charge in [0.1, 0.15) is 5.01 Å². The Morgan fingerprint density at radius 3 is 2.59 bits per heavy atom. The number of imidazole rings is 1. The van der Waals surface area contributed by atoms with E-state index in [0.29, 0.717) is 4.52 Å². The fourth-order valence-corrected chi connectivity index (χ4v) is 3.66. The number of carbonyl (C=O) groups is 1. The Morgan fingerprint density at radius 1 is 1.30 bits per heavy atom. The van der Waals surface area contributed by atoms with E-state index in [1.807, 2.05) is 0 Å². The third-order valence-corrected chi connectivity index (χ3v) is 4.61. The van der Waals surface area contributed by atoms with Crippen LogP contribution in [0.1, 0.15) is 22.8 Å². The van der Waals surface area contributed by atoms with Crippen molar-refractivity contribution in [3.8, 4) is 0 Å². The molecule has 1 atom stereocenters. The molecule has 1 unspecified atom stereocenters. The molecule has 3 heterocycles. The van der Waals surface area contributed by atoms with Crippen molar-refractivity contribution >= 4 is 22.3 Å². The van der Waals surface area contributed by atoms with Crippen molar-refractivity contribution < 1.29 is 35.9 Å². The van der Waals surface area contributed by atoms with Crippen LogP contribution >= 0.6 is 11.3 Å². The van der Waals surface area contributed by atoms with E-state index in [-0.39, 0.29) is 23.1 Å². The highest BCUT2D eigenvalue weighted by molar-refractivity contribution is 7.16. The summed E-state index contributed by atoms with van der Waals surface area (Å²) in [6.45, 7) is -0.942. The molecule has 2 aromatic heterocycles. The number of nitrogens with zero attached hydrogens (tertiary/aromatic N) is 4. The van der Waals surface area contributed by atoms with E-state index >= 15 is 0 Å². The average molecular weight is 417 g/mol. The summed E-state index contributed by atoms with van der Waals surface area (Å²) < 4.78 is 83.3. The van der Waals surface area contributed by atoms with Crippen LogP contribution in [0.2, 0.25) is 0 Å². The van der Waals surface area contributed by atoms with Gasteiger partial charge in [0, 0.05) is 13.7 Å². The Bertz CT molecular complexity index is 845. The summed E-state index contributed by atoms with van der Waals surface area (Å²) in [5, 5.41) is 6.20. The van der Waals surface area contributed by atoms with Crippen molar-refractivity contribution in [2.75, 3.05) is 13.7 Å². The van der Waals surface area contributed by atoms with E-state index in [0.717, 1.165) is 16.2 Å². The second-order valence-electron chi connectivity index (χ2n) is 5.87. The number of methoxy groups -OCH3 is 1. The first-order chi connectivity index (χ1) is 12.5. The molecule has 14 heteroatoms. The predicted octanol–water partition coefficient (Wildman–Crippen LogP) is 2.80. The molecule has 3 rings (SSSR count). The Hall–Kier alpha value is -2.09. The Balaban J connectivity index is 1.86. The maximum Gasteiger partial charge on any atom is 0.435 e. The van der Waals surface area contributed by atoms with Crippen LogP contribution in [0.25, 0.3) is 4.96 Å². The first-order valence-corrected chi connectivity index (χ1v) is 8.35. The Kier molecular flexibility index (Phi) is 4.96. The molecule has 2 amide bonds. The van der Waals surface area contributed by atoms with Gasteiger partial charge in [-0.1, -0.05) is 11.3 Å². The Labute approximate surface area is 151 Å². The summed E-state index contributed by atoms with van der Waals surface area (Å²) >= 11 is 0.888. The molecule has 150 valence electrons. The third-order valence-electron chi connectivity index (χ3n) is 3.73. The normalized spacial score (nSPS) is 18.6. The van der Waals surface area contributed by atoms with Crippen LogP contribution in [0.3, 0.4) is 0 Å². The minimum atomic E-state index is -4.81. The number of carbonyl (C=O) groups excluding carboxylic acids is 1. The molecule has 0 aromatic carbocycles. The maximum atomic E-state index is 13.5. The van der Waals surface area contributed by atoms with E-state index < -0.39 is 48.8 Å². The molecule has 0 radical (unpaired) electrons. The van der Waals surface area contributed by atoms with Crippen molar-refractivity contribution in [3.05, 3.63) is 16.4 Å². The lowest BCUT2D eigenvalue weighted by atomic mass is 10.2. The number of fused-ring (bicyclic) bond motifs is 1. The van der Waals surface area contributed by atoms with Crippen LogP contribution in [-0.4, -0.2) is 51.4 Å². The lowest BCUT2D eigenvalue weighted by Gasteiger charge is -2.15. The van der Waals surface area contributed by atoms with Crippen molar-refractivity contribution in [2.24, 2.45) is 0 Å². The summed E-state index contributed by atoms with van der Waals surface area (Å²) in [6, 6.07) is -2.09. The molecular weight excluding hydrogens is 404 g/mol. The molecule has 1 saturated heterocycles. The maximum absolute atomic E-state index is 13.5. The number of hydrogen-bond acceptors (Lipinski definition) is 5. The highest BCUT2D eigenvalue weighted by Crippen LogP contribution is 2.35.